The number of rotatable bonds is 8. The van der Waals surface area contributed by atoms with Crippen LogP contribution >= 0.6 is 11.8 Å². The summed E-state index contributed by atoms with van der Waals surface area (Å²) in [5.74, 6) is 2.31. The molecule has 7 heteroatoms. The number of aromatic nitrogens is 5. The van der Waals surface area contributed by atoms with Crippen LogP contribution in [0, 0.1) is 0 Å². The van der Waals surface area contributed by atoms with Crippen molar-refractivity contribution in [2.75, 3.05) is 17.6 Å². The van der Waals surface area contributed by atoms with Crippen LogP contribution in [-0.4, -0.2) is 36.8 Å². The lowest BCUT2D eigenvalue weighted by molar-refractivity contribution is 0.683. The van der Waals surface area contributed by atoms with Gasteiger partial charge in [0, 0.05) is 37.8 Å². The summed E-state index contributed by atoms with van der Waals surface area (Å²) in [4.78, 5) is 0. The summed E-state index contributed by atoms with van der Waals surface area (Å²) in [5, 5.41) is 17.5. The number of nitrogens with one attached hydrogen (secondary N) is 1. The highest BCUT2D eigenvalue weighted by Gasteiger charge is 2.14. The van der Waals surface area contributed by atoms with Gasteiger partial charge in [-0.1, -0.05) is 37.7 Å². The molecule has 0 radical (unpaired) electrons. The third-order valence-corrected chi connectivity index (χ3v) is 5.18. The van der Waals surface area contributed by atoms with Gasteiger partial charge < -0.3 is 9.88 Å². The molecule has 0 saturated carbocycles. The number of hydrogen-bond acceptors (Lipinski definition) is 5. The zero-order valence-electron chi connectivity index (χ0n) is 15.8. The largest absolute Gasteiger partial charge is 0.384 e. The van der Waals surface area contributed by atoms with E-state index in [9.17, 15) is 0 Å². The quantitative estimate of drug-likeness (QED) is 0.479. The molecular weight excluding hydrogens is 344 g/mol. The van der Waals surface area contributed by atoms with Crippen LogP contribution in [-0.2, 0) is 13.6 Å². The number of anilines is 1. The van der Waals surface area contributed by atoms with E-state index in [-0.39, 0.29) is 0 Å². The molecule has 138 valence electrons. The summed E-state index contributed by atoms with van der Waals surface area (Å²) in [7, 11) is 1.91. The molecule has 26 heavy (non-hydrogen) atoms. The molecule has 1 aromatic carbocycles. The molecule has 0 amide bonds. The normalized spacial score (nSPS) is 11.3. The van der Waals surface area contributed by atoms with Crippen molar-refractivity contribution in [1.82, 2.24) is 24.5 Å². The molecule has 2 heterocycles. The highest BCUT2D eigenvalue weighted by molar-refractivity contribution is 7.99. The molecule has 6 nitrogen and oxygen atoms in total. The molecule has 2 aromatic heterocycles. The Balaban J connectivity index is 1.56. The second-order valence-corrected chi connectivity index (χ2v) is 7.54. The van der Waals surface area contributed by atoms with E-state index in [4.69, 9.17) is 0 Å². The molecule has 0 aliphatic rings. The van der Waals surface area contributed by atoms with E-state index in [1.165, 1.54) is 5.56 Å². The average Bonchev–Trinajstić information content (AvgIpc) is 3.24. The molecule has 3 rings (SSSR count). The average molecular weight is 371 g/mol. The Morgan fingerprint density at radius 3 is 2.50 bits per heavy atom. The van der Waals surface area contributed by atoms with Crippen LogP contribution < -0.4 is 5.32 Å². The minimum absolute atomic E-state index is 0.563. The second-order valence-electron chi connectivity index (χ2n) is 6.48. The third-order valence-electron chi connectivity index (χ3n) is 4.22. The third kappa shape index (κ3) is 4.27. The first kappa shape index (κ1) is 18.5. The molecule has 3 aromatic rings. The number of benzene rings is 1. The van der Waals surface area contributed by atoms with Gasteiger partial charge >= 0.3 is 0 Å². The van der Waals surface area contributed by atoms with Gasteiger partial charge in [0.05, 0.1) is 0 Å². The molecule has 0 atom stereocenters. The molecule has 0 aliphatic heterocycles. The lowest BCUT2D eigenvalue weighted by Crippen LogP contribution is -2.06. The van der Waals surface area contributed by atoms with Crippen molar-refractivity contribution in [3.63, 3.8) is 0 Å². The SMILES string of the molecule is CCn1c(SCCNc2ccc(C(C)C)cc2)nnc1-c1ccn(C)n1. The number of nitrogens with zero attached hydrogens (tertiary/aromatic N) is 5. The first-order valence-corrected chi connectivity index (χ1v) is 9.97. The monoisotopic (exact) mass is 370 g/mol. The zero-order chi connectivity index (χ0) is 18.5. The van der Waals surface area contributed by atoms with Gasteiger partial charge in [-0.2, -0.15) is 5.10 Å². The maximum atomic E-state index is 4.43. The predicted molar refractivity (Wildman–Crippen MR) is 108 cm³/mol. The van der Waals surface area contributed by atoms with E-state index in [1.54, 1.807) is 16.4 Å². The van der Waals surface area contributed by atoms with Crippen molar-refractivity contribution >= 4 is 17.4 Å². The van der Waals surface area contributed by atoms with Gasteiger partial charge in [0.2, 0.25) is 0 Å². The van der Waals surface area contributed by atoms with E-state index >= 15 is 0 Å². The van der Waals surface area contributed by atoms with Gasteiger partial charge in [-0.15, -0.1) is 10.2 Å². The Hall–Kier alpha value is -2.28. The van der Waals surface area contributed by atoms with Crippen molar-refractivity contribution < 1.29 is 0 Å². The lowest BCUT2D eigenvalue weighted by Gasteiger charge is -2.09. The Morgan fingerprint density at radius 2 is 1.88 bits per heavy atom. The first-order valence-electron chi connectivity index (χ1n) is 8.98. The minimum Gasteiger partial charge on any atom is -0.384 e. The van der Waals surface area contributed by atoms with E-state index in [2.05, 4.69) is 70.2 Å². The van der Waals surface area contributed by atoms with Crippen LogP contribution in [0.15, 0.2) is 41.7 Å². The zero-order valence-corrected chi connectivity index (χ0v) is 16.6. The van der Waals surface area contributed by atoms with E-state index in [1.807, 2.05) is 19.3 Å². The molecule has 0 bridgehead atoms. The molecular formula is C19H26N6S. The fourth-order valence-corrected chi connectivity index (χ4v) is 3.58. The van der Waals surface area contributed by atoms with Crippen LogP contribution in [0.3, 0.4) is 0 Å². The molecule has 0 unspecified atom stereocenters. The van der Waals surface area contributed by atoms with Gasteiger partial charge in [-0.05, 0) is 36.6 Å². The number of hydrogen-bond donors (Lipinski definition) is 1. The minimum atomic E-state index is 0.563. The predicted octanol–water partition coefficient (Wildman–Crippen LogP) is 4.03. The molecule has 1 N–H and O–H groups in total. The highest BCUT2D eigenvalue weighted by atomic mass is 32.2. The molecule has 0 spiro atoms. The standard InChI is InChI=1S/C19H26N6S/c1-5-25-18(17-10-12-24(4)23-17)21-22-19(25)26-13-11-20-16-8-6-15(7-9-16)14(2)3/h6-10,12,14,20H,5,11,13H2,1-4H3. The lowest BCUT2D eigenvalue weighted by atomic mass is 10.0. The van der Waals surface area contributed by atoms with Crippen LogP contribution in [0.25, 0.3) is 11.5 Å². The summed E-state index contributed by atoms with van der Waals surface area (Å²) in [6, 6.07) is 10.6. The van der Waals surface area contributed by atoms with E-state index in [0.29, 0.717) is 5.92 Å². The highest BCUT2D eigenvalue weighted by Crippen LogP contribution is 2.23. The van der Waals surface area contributed by atoms with E-state index in [0.717, 1.165) is 41.2 Å². The van der Waals surface area contributed by atoms with Crippen LogP contribution in [0.2, 0.25) is 0 Å². The smallest absolute Gasteiger partial charge is 0.191 e. The Labute approximate surface area is 159 Å². The van der Waals surface area contributed by atoms with Crippen molar-refractivity contribution in [3.05, 3.63) is 42.1 Å². The topological polar surface area (TPSA) is 60.6 Å². The van der Waals surface area contributed by atoms with Gasteiger partial charge in [0.25, 0.3) is 0 Å². The molecule has 0 fully saturated rings. The van der Waals surface area contributed by atoms with Crippen LogP contribution in [0.5, 0.6) is 0 Å². The van der Waals surface area contributed by atoms with Crippen molar-refractivity contribution in [3.8, 4) is 11.5 Å². The van der Waals surface area contributed by atoms with E-state index < -0.39 is 0 Å². The summed E-state index contributed by atoms with van der Waals surface area (Å²) >= 11 is 1.71. The van der Waals surface area contributed by atoms with Crippen molar-refractivity contribution in [1.29, 1.82) is 0 Å². The van der Waals surface area contributed by atoms with Crippen molar-refractivity contribution in [2.45, 2.75) is 38.4 Å². The van der Waals surface area contributed by atoms with Gasteiger partial charge in [0.1, 0.15) is 5.69 Å². The fourth-order valence-electron chi connectivity index (χ4n) is 2.73. The number of aryl methyl sites for hydroxylation is 1. The van der Waals surface area contributed by atoms with Gasteiger partial charge in [0.15, 0.2) is 11.0 Å². The van der Waals surface area contributed by atoms with Gasteiger partial charge in [-0.25, -0.2) is 0 Å². The maximum absolute atomic E-state index is 4.43. The first-order chi connectivity index (χ1) is 12.6. The number of thioether (sulfide) groups is 1. The molecule has 0 saturated heterocycles. The Bertz CT molecular complexity index is 834. The second kappa shape index (κ2) is 8.40. The summed E-state index contributed by atoms with van der Waals surface area (Å²) in [5.41, 5.74) is 3.38. The van der Waals surface area contributed by atoms with Gasteiger partial charge in [-0.3, -0.25) is 4.68 Å². The van der Waals surface area contributed by atoms with Crippen LogP contribution in [0.1, 0.15) is 32.3 Å². The maximum Gasteiger partial charge on any atom is 0.191 e. The molecule has 0 aliphatic carbocycles. The summed E-state index contributed by atoms with van der Waals surface area (Å²) < 4.78 is 3.90. The summed E-state index contributed by atoms with van der Waals surface area (Å²) in [6.07, 6.45) is 1.92. The van der Waals surface area contributed by atoms with Crippen molar-refractivity contribution in [2.24, 2.45) is 7.05 Å². The van der Waals surface area contributed by atoms with Crippen LogP contribution in [0.4, 0.5) is 5.69 Å². The summed E-state index contributed by atoms with van der Waals surface area (Å²) in [6.45, 7) is 8.23. The fraction of sp³-hybridized carbons (Fsp3) is 0.421. The Kier molecular flexibility index (Phi) is 5.98. The Morgan fingerprint density at radius 1 is 1.12 bits per heavy atom.